The molecule has 2 aromatic rings. The van der Waals surface area contributed by atoms with Gasteiger partial charge in [0.15, 0.2) is 0 Å². The van der Waals surface area contributed by atoms with E-state index < -0.39 is 17.7 Å². The van der Waals surface area contributed by atoms with Crippen LogP contribution >= 0.6 is 23.2 Å². The fourth-order valence-electron chi connectivity index (χ4n) is 2.15. The molecule has 2 N–H and O–H groups in total. The van der Waals surface area contributed by atoms with E-state index in [1.807, 2.05) is 5.43 Å². The lowest BCUT2D eigenvalue weighted by molar-refractivity contribution is -0.136. The molecule has 3 amide bonds. The molecule has 1 heterocycles. The van der Waals surface area contributed by atoms with Gasteiger partial charge >= 0.3 is 11.8 Å². The molecular formula is C18H10Cl2N4O3. The summed E-state index contributed by atoms with van der Waals surface area (Å²) in [5, 5.41) is 7.40. The Morgan fingerprint density at radius 2 is 1.81 bits per heavy atom. The molecular weight excluding hydrogens is 391 g/mol. The summed E-state index contributed by atoms with van der Waals surface area (Å²) in [7, 11) is 0. The highest BCUT2D eigenvalue weighted by Gasteiger charge is 2.15. The first kappa shape index (κ1) is 18.5. The van der Waals surface area contributed by atoms with E-state index in [-0.39, 0.29) is 21.3 Å². The third-order valence-corrected chi connectivity index (χ3v) is 4.25. The van der Waals surface area contributed by atoms with Crippen molar-refractivity contribution in [1.82, 2.24) is 5.43 Å². The normalized spacial score (nSPS) is 12.1. The number of halogens is 2. The molecule has 0 fully saturated rings. The summed E-state index contributed by atoms with van der Waals surface area (Å²) in [5.41, 5.74) is 2.21. The van der Waals surface area contributed by atoms with Crippen LogP contribution in [0.1, 0.15) is 0 Å². The summed E-state index contributed by atoms with van der Waals surface area (Å²) in [6.07, 6.45) is 1.53. The standard InChI is InChI=1S/C18H10Cl2N4O3/c19-12-5-3-7-14(15(12)20)23-17(26)18(27)24-21-9-11-8-10-4-1-2-6-13(10)22-16(11)25/h1-8H,(H,23,26)(H,24,27). The lowest BCUT2D eigenvalue weighted by Gasteiger charge is -2.06. The second-order valence-electron chi connectivity index (χ2n) is 5.25. The Morgan fingerprint density at radius 3 is 2.63 bits per heavy atom. The monoisotopic (exact) mass is 400 g/mol. The highest BCUT2D eigenvalue weighted by atomic mass is 35.5. The molecule has 7 nitrogen and oxygen atoms in total. The van der Waals surface area contributed by atoms with E-state index in [1.54, 1.807) is 30.3 Å². The predicted octanol–water partition coefficient (Wildman–Crippen LogP) is 1.20. The van der Waals surface area contributed by atoms with E-state index in [4.69, 9.17) is 23.2 Å². The molecule has 1 aliphatic heterocycles. The average molecular weight is 401 g/mol. The van der Waals surface area contributed by atoms with Gasteiger partial charge in [-0.2, -0.15) is 0 Å². The molecule has 0 saturated heterocycles. The number of fused-ring (bicyclic) bond motifs is 1. The lowest BCUT2D eigenvalue weighted by Crippen LogP contribution is -2.32. The smallest absolute Gasteiger partial charge is 0.316 e. The number of carbonyl (C=O) groups excluding carboxylic acids is 3. The third kappa shape index (κ3) is 4.30. The van der Waals surface area contributed by atoms with E-state index in [9.17, 15) is 14.4 Å². The highest BCUT2D eigenvalue weighted by Crippen LogP contribution is 2.29. The second-order valence-corrected chi connectivity index (χ2v) is 6.04. The molecule has 134 valence electrons. The Bertz CT molecular complexity index is 1150. The van der Waals surface area contributed by atoms with Crippen molar-refractivity contribution in [1.29, 1.82) is 0 Å². The van der Waals surface area contributed by atoms with Gasteiger partial charge in [0.05, 0.1) is 21.1 Å². The molecule has 0 aromatic heterocycles. The molecule has 9 heteroatoms. The van der Waals surface area contributed by atoms with E-state index in [1.165, 1.54) is 18.2 Å². The number of benzene rings is 2. The number of amides is 3. The Kier molecular flexibility index (Phi) is 5.47. The number of rotatable bonds is 2. The average Bonchev–Trinajstić information content (AvgIpc) is 2.65. The van der Waals surface area contributed by atoms with Crippen LogP contribution in [0.15, 0.2) is 58.1 Å². The van der Waals surface area contributed by atoms with Gasteiger partial charge in [0.1, 0.15) is 5.57 Å². The van der Waals surface area contributed by atoms with Crippen LogP contribution in [0.5, 0.6) is 0 Å². The number of para-hydroxylation sites is 1. The minimum atomic E-state index is -1.07. The minimum Gasteiger partial charge on any atom is -0.316 e. The first-order valence-electron chi connectivity index (χ1n) is 7.53. The van der Waals surface area contributed by atoms with Gasteiger partial charge in [-0.05, 0) is 24.3 Å². The van der Waals surface area contributed by atoms with E-state index >= 15 is 0 Å². The molecule has 27 heavy (non-hydrogen) atoms. The van der Waals surface area contributed by atoms with Crippen molar-refractivity contribution in [2.24, 2.45) is 10.1 Å². The van der Waals surface area contributed by atoms with Crippen LogP contribution in [0.4, 0.5) is 5.69 Å². The molecule has 0 unspecified atom stereocenters. The number of nitrogens with one attached hydrogen (secondary N) is 2. The minimum absolute atomic E-state index is 0.0484. The zero-order valence-electron chi connectivity index (χ0n) is 13.5. The number of nitrogens with zero attached hydrogens (tertiary/aromatic N) is 2. The van der Waals surface area contributed by atoms with Crippen LogP contribution in [0.25, 0.3) is 6.08 Å². The lowest BCUT2D eigenvalue weighted by atomic mass is 10.1. The van der Waals surface area contributed by atoms with Gasteiger partial charge in [-0.1, -0.05) is 47.5 Å². The van der Waals surface area contributed by atoms with Crippen LogP contribution in [-0.2, 0) is 14.4 Å². The van der Waals surface area contributed by atoms with Crippen molar-refractivity contribution in [3.63, 3.8) is 0 Å². The van der Waals surface area contributed by atoms with Crippen LogP contribution in [0, 0.1) is 0 Å². The maximum absolute atomic E-state index is 11.9. The van der Waals surface area contributed by atoms with Gasteiger partial charge in [0.25, 0.3) is 5.91 Å². The molecule has 0 spiro atoms. The molecule has 0 bridgehead atoms. The topological polar surface area (TPSA) is 100.0 Å². The van der Waals surface area contributed by atoms with Crippen LogP contribution in [-0.4, -0.2) is 23.6 Å². The Balaban J connectivity index is 1.72. The van der Waals surface area contributed by atoms with Gasteiger partial charge in [0, 0.05) is 11.1 Å². The molecule has 0 radical (unpaired) electrons. The second kappa shape index (κ2) is 7.97. The van der Waals surface area contributed by atoms with E-state index in [2.05, 4.69) is 21.3 Å². The summed E-state index contributed by atoms with van der Waals surface area (Å²) in [4.78, 5) is 39.5. The Labute approximate surface area is 162 Å². The zero-order chi connectivity index (χ0) is 19.4. The van der Waals surface area contributed by atoms with Crippen LogP contribution in [0.2, 0.25) is 10.0 Å². The summed E-state index contributed by atoms with van der Waals surface area (Å²) in [6, 6.07) is 11.6. The molecule has 2 aromatic carbocycles. The fraction of sp³-hybridized carbons (Fsp3) is 0. The van der Waals surface area contributed by atoms with Gasteiger partial charge in [-0.3, -0.25) is 14.4 Å². The third-order valence-electron chi connectivity index (χ3n) is 3.43. The number of hydrogen-bond donors (Lipinski definition) is 2. The maximum atomic E-state index is 11.9. The Hall–Kier alpha value is -3.25. The van der Waals surface area contributed by atoms with Gasteiger partial charge in [0.2, 0.25) is 0 Å². The SMILES string of the molecule is O=C1N=c2ccccc2=CC1=C=NNC(=O)C(=O)Nc1cccc(Cl)c1Cl. The summed E-state index contributed by atoms with van der Waals surface area (Å²) < 4.78 is 0. The molecule has 1 aliphatic rings. The van der Waals surface area contributed by atoms with Crippen LogP contribution in [0.3, 0.4) is 0 Å². The predicted molar refractivity (Wildman–Crippen MR) is 101 cm³/mol. The fourth-order valence-corrected chi connectivity index (χ4v) is 2.50. The first-order valence-corrected chi connectivity index (χ1v) is 8.29. The zero-order valence-corrected chi connectivity index (χ0v) is 15.0. The number of carbonyl (C=O) groups is 3. The first-order chi connectivity index (χ1) is 13.0. The maximum Gasteiger partial charge on any atom is 0.330 e. The van der Waals surface area contributed by atoms with Crippen molar-refractivity contribution >= 4 is 58.6 Å². The molecule has 0 aliphatic carbocycles. The van der Waals surface area contributed by atoms with Crippen molar-refractivity contribution in [3.8, 4) is 0 Å². The van der Waals surface area contributed by atoms with E-state index in [0.717, 1.165) is 5.22 Å². The van der Waals surface area contributed by atoms with Crippen molar-refractivity contribution in [3.05, 3.63) is 68.7 Å². The quantitative estimate of drug-likeness (QED) is 0.342. The van der Waals surface area contributed by atoms with Gasteiger partial charge < -0.3 is 5.32 Å². The van der Waals surface area contributed by atoms with Crippen LogP contribution < -0.4 is 21.3 Å². The number of anilines is 1. The van der Waals surface area contributed by atoms with E-state index in [0.29, 0.717) is 5.36 Å². The molecule has 3 rings (SSSR count). The van der Waals surface area contributed by atoms with Gasteiger partial charge in [-0.25, -0.2) is 10.4 Å². The van der Waals surface area contributed by atoms with Crippen molar-refractivity contribution in [2.75, 3.05) is 5.32 Å². The van der Waals surface area contributed by atoms with Gasteiger partial charge in [-0.15, -0.1) is 5.10 Å². The molecule has 0 saturated carbocycles. The number of hydrazone groups is 1. The highest BCUT2D eigenvalue weighted by molar-refractivity contribution is 6.45. The largest absolute Gasteiger partial charge is 0.330 e. The van der Waals surface area contributed by atoms with Crippen molar-refractivity contribution < 1.29 is 14.4 Å². The summed E-state index contributed by atoms with van der Waals surface area (Å²) in [5.74, 6) is -0.268. The Morgan fingerprint density at radius 1 is 1.04 bits per heavy atom. The summed E-state index contributed by atoms with van der Waals surface area (Å²) in [6.45, 7) is 0. The molecule has 0 atom stereocenters. The van der Waals surface area contributed by atoms with Crippen molar-refractivity contribution in [2.45, 2.75) is 0 Å². The summed E-state index contributed by atoms with van der Waals surface area (Å²) >= 11 is 11.8. The number of hydrogen-bond acceptors (Lipinski definition) is 4.